The standard InChI is InChI=1S/C13H16N4O2/c1-8-4-5-11(19-8)9(2)16-13(18)10-6-15-7-12(14-3)17-10/h4-7,9H,1-3H3,(H,14,17)(H,16,18). The maximum atomic E-state index is 12.0. The molecule has 6 heteroatoms. The van der Waals surface area contributed by atoms with Crippen molar-refractivity contribution in [3.8, 4) is 0 Å². The number of nitrogens with zero attached hydrogens (tertiary/aromatic N) is 2. The summed E-state index contributed by atoms with van der Waals surface area (Å²) in [5, 5.41) is 5.65. The van der Waals surface area contributed by atoms with E-state index in [4.69, 9.17) is 4.42 Å². The number of hydrogen-bond acceptors (Lipinski definition) is 5. The van der Waals surface area contributed by atoms with Gasteiger partial charge in [0.05, 0.1) is 18.4 Å². The van der Waals surface area contributed by atoms with Crippen LogP contribution in [-0.4, -0.2) is 22.9 Å². The Bertz CT molecular complexity index is 580. The zero-order chi connectivity index (χ0) is 13.8. The van der Waals surface area contributed by atoms with Crippen LogP contribution in [-0.2, 0) is 0 Å². The first-order valence-electron chi connectivity index (χ1n) is 5.97. The molecule has 2 rings (SSSR count). The molecule has 0 spiro atoms. The van der Waals surface area contributed by atoms with E-state index in [1.807, 2.05) is 26.0 Å². The van der Waals surface area contributed by atoms with Crippen molar-refractivity contribution in [3.63, 3.8) is 0 Å². The lowest BCUT2D eigenvalue weighted by molar-refractivity contribution is 0.0930. The molecule has 0 aliphatic carbocycles. The number of rotatable bonds is 4. The number of anilines is 1. The number of nitrogens with one attached hydrogen (secondary N) is 2. The first-order chi connectivity index (χ1) is 9.10. The smallest absolute Gasteiger partial charge is 0.272 e. The summed E-state index contributed by atoms with van der Waals surface area (Å²) in [6.07, 6.45) is 2.98. The Morgan fingerprint density at radius 2 is 2.16 bits per heavy atom. The summed E-state index contributed by atoms with van der Waals surface area (Å²) in [5.74, 6) is 1.79. The molecule has 1 amide bonds. The lowest BCUT2D eigenvalue weighted by atomic mass is 10.2. The van der Waals surface area contributed by atoms with Gasteiger partial charge in [0, 0.05) is 7.05 Å². The lowest BCUT2D eigenvalue weighted by Gasteiger charge is -2.11. The molecule has 0 fully saturated rings. The van der Waals surface area contributed by atoms with Gasteiger partial charge in [-0.05, 0) is 26.0 Å². The summed E-state index contributed by atoms with van der Waals surface area (Å²) in [6, 6.07) is 3.48. The van der Waals surface area contributed by atoms with Crippen molar-refractivity contribution in [2.45, 2.75) is 19.9 Å². The van der Waals surface area contributed by atoms with E-state index in [2.05, 4.69) is 20.6 Å². The molecule has 0 aliphatic rings. The molecular weight excluding hydrogens is 244 g/mol. The lowest BCUT2D eigenvalue weighted by Crippen LogP contribution is -2.27. The van der Waals surface area contributed by atoms with Gasteiger partial charge in [0.15, 0.2) is 0 Å². The van der Waals surface area contributed by atoms with Gasteiger partial charge < -0.3 is 15.1 Å². The van der Waals surface area contributed by atoms with Gasteiger partial charge in [-0.25, -0.2) is 4.98 Å². The summed E-state index contributed by atoms with van der Waals surface area (Å²) in [7, 11) is 1.72. The Morgan fingerprint density at radius 1 is 1.37 bits per heavy atom. The Balaban J connectivity index is 2.08. The van der Waals surface area contributed by atoms with Crippen molar-refractivity contribution in [1.29, 1.82) is 0 Å². The fourth-order valence-corrected chi connectivity index (χ4v) is 1.62. The van der Waals surface area contributed by atoms with E-state index < -0.39 is 0 Å². The van der Waals surface area contributed by atoms with Gasteiger partial charge in [-0.2, -0.15) is 0 Å². The van der Waals surface area contributed by atoms with Crippen LogP contribution in [0.15, 0.2) is 28.9 Å². The second-order valence-corrected chi connectivity index (χ2v) is 4.18. The van der Waals surface area contributed by atoms with E-state index >= 15 is 0 Å². The normalized spacial score (nSPS) is 11.9. The quantitative estimate of drug-likeness (QED) is 0.877. The second kappa shape index (κ2) is 5.51. The number of furan rings is 1. The van der Waals surface area contributed by atoms with Gasteiger partial charge >= 0.3 is 0 Å². The maximum absolute atomic E-state index is 12.0. The van der Waals surface area contributed by atoms with E-state index in [1.165, 1.54) is 6.20 Å². The SMILES string of the molecule is CNc1cncc(C(=O)NC(C)c2ccc(C)o2)n1. The molecule has 2 aromatic rings. The Hall–Kier alpha value is -2.37. The van der Waals surface area contributed by atoms with Crippen LogP contribution >= 0.6 is 0 Å². The van der Waals surface area contributed by atoms with Crippen LogP contribution in [0.4, 0.5) is 5.82 Å². The van der Waals surface area contributed by atoms with Crippen LogP contribution in [0.3, 0.4) is 0 Å². The summed E-state index contributed by atoms with van der Waals surface area (Å²) < 4.78 is 5.46. The number of carbonyl (C=O) groups excluding carboxylic acids is 1. The molecule has 0 saturated heterocycles. The molecule has 2 N–H and O–H groups in total. The molecule has 6 nitrogen and oxygen atoms in total. The van der Waals surface area contributed by atoms with Crippen LogP contribution in [0, 0.1) is 6.92 Å². The van der Waals surface area contributed by atoms with Crippen molar-refractivity contribution in [3.05, 3.63) is 41.7 Å². The molecular formula is C13H16N4O2. The molecule has 100 valence electrons. The number of hydrogen-bond donors (Lipinski definition) is 2. The molecule has 19 heavy (non-hydrogen) atoms. The minimum absolute atomic E-state index is 0.221. The molecule has 0 aromatic carbocycles. The average molecular weight is 260 g/mol. The van der Waals surface area contributed by atoms with Crippen molar-refractivity contribution in [1.82, 2.24) is 15.3 Å². The number of amides is 1. The summed E-state index contributed by atoms with van der Waals surface area (Å²) >= 11 is 0. The molecule has 0 aliphatic heterocycles. The number of carbonyl (C=O) groups is 1. The highest BCUT2D eigenvalue weighted by molar-refractivity contribution is 5.92. The fraction of sp³-hybridized carbons (Fsp3) is 0.308. The van der Waals surface area contributed by atoms with E-state index in [-0.39, 0.29) is 17.6 Å². The largest absolute Gasteiger partial charge is 0.464 e. The zero-order valence-corrected chi connectivity index (χ0v) is 11.1. The molecule has 2 heterocycles. The molecule has 1 unspecified atom stereocenters. The van der Waals surface area contributed by atoms with Crippen molar-refractivity contribution >= 4 is 11.7 Å². The summed E-state index contributed by atoms with van der Waals surface area (Å²) in [6.45, 7) is 3.71. The predicted octanol–water partition coefficient (Wildman–Crippen LogP) is 1.91. The highest BCUT2D eigenvalue weighted by atomic mass is 16.3. The van der Waals surface area contributed by atoms with Crippen LogP contribution < -0.4 is 10.6 Å². The third kappa shape index (κ3) is 3.09. The first kappa shape index (κ1) is 13.1. The number of aromatic nitrogens is 2. The predicted molar refractivity (Wildman–Crippen MR) is 70.9 cm³/mol. The van der Waals surface area contributed by atoms with Gasteiger partial charge in [-0.15, -0.1) is 0 Å². The molecule has 2 aromatic heterocycles. The van der Waals surface area contributed by atoms with Gasteiger partial charge in [-0.1, -0.05) is 0 Å². The Kier molecular flexibility index (Phi) is 3.79. The van der Waals surface area contributed by atoms with Gasteiger partial charge in [-0.3, -0.25) is 9.78 Å². The third-order valence-electron chi connectivity index (χ3n) is 2.66. The third-order valence-corrected chi connectivity index (χ3v) is 2.66. The van der Waals surface area contributed by atoms with Crippen LogP contribution in [0.2, 0.25) is 0 Å². The molecule has 0 saturated carbocycles. The highest BCUT2D eigenvalue weighted by Crippen LogP contribution is 2.16. The summed E-state index contributed by atoms with van der Waals surface area (Å²) in [4.78, 5) is 20.1. The van der Waals surface area contributed by atoms with Crippen LogP contribution in [0.5, 0.6) is 0 Å². The van der Waals surface area contributed by atoms with Gasteiger partial charge in [0.2, 0.25) is 0 Å². The Morgan fingerprint density at radius 3 is 2.79 bits per heavy atom. The monoisotopic (exact) mass is 260 g/mol. The second-order valence-electron chi connectivity index (χ2n) is 4.18. The first-order valence-corrected chi connectivity index (χ1v) is 5.97. The van der Waals surface area contributed by atoms with Gasteiger partial charge in [0.1, 0.15) is 23.0 Å². The van der Waals surface area contributed by atoms with E-state index in [0.29, 0.717) is 11.6 Å². The van der Waals surface area contributed by atoms with E-state index in [1.54, 1.807) is 13.2 Å². The van der Waals surface area contributed by atoms with E-state index in [0.717, 1.165) is 5.76 Å². The molecule has 1 atom stereocenters. The Labute approximate surface area is 111 Å². The maximum Gasteiger partial charge on any atom is 0.272 e. The van der Waals surface area contributed by atoms with Crippen molar-refractivity contribution < 1.29 is 9.21 Å². The zero-order valence-electron chi connectivity index (χ0n) is 11.1. The van der Waals surface area contributed by atoms with Crippen LogP contribution in [0.1, 0.15) is 35.0 Å². The number of aryl methyl sites for hydroxylation is 1. The van der Waals surface area contributed by atoms with Crippen molar-refractivity contribution in [2.75, 3.05) is 12.4 Å². The van der Waals surface area contributed by atoms with Crippen LogP contribution in [0.25, 0.3) is 0 Å². The average Bonchev–Trinajstić information content (AvgIpc) is 2.85. The minimum Gasteiger partial charge on any atom is -0.464 e. The fourth-order valence-electron chi connectivity index (χ4n) is 1.62. The topological polar surface area (TPSA) is 80.0 Å². The molecule has 0 bridgehead atoms. The minimum atomic E-state index is -0.286. The highest BCUT2D eigenvalue weighted by Gasteiger charge is 2.15. The van der Waals surface area contributed by atoms with E-state index in [9.17, 15) is 4.79 Å². The van der Waals surface area contributed by atoms with Gasteiger partial charge in [0.25, 0.3) is 5.91 Å². The summed E-state index contributed by atoms with van der Waals surface area (Å²) in [5.41, 5.74) is 0.266. The van der Waals surface area contributed by atoms with Crippen molar-refractivity contribution in [2.24, 2.45) is 0 Å². The molecule has 0 radical (unpaired) electrons.